The van der Waals surface area contributed by atoms with Crippen LogP contribution in [0.3, 0.4) is 0 Å². The van der Waals surface area contributed by atoms with E-state index in [9.17, 15) is 4.79 Å². The number of hydrogen-bond donors (Lipinski definition) is 0. The summed E-state index contributed by atoms with van der Waals surface area (Å²) in [6.45, 7) is 4.77. The summed E-state index contributed by atoms with van der Waals surface area (Å²) < 4.78 is 0. The Balaban J connectivity index is 1.67. The lowest BCUT2D eigenvalue weighted by molar-refractivity contribution is -0.119. The van der Waals surface area contributed by atoms with Gasteiger partial charge in [-0.15, -0.1) is 0 Å². The second kappa shape index (κ2) is 8.85. The summed E-state index contributed by atoms with van der Waals surface area (Å²) in [5, 5.41) is 1.32. The van der Waals surface area contributed by atoms with Crippen LogP contribution in [-0.2, 0) is 4.79 Å². The van der Waals surface area contributed by atoms with E-state index >= 15 is 0 Å². The lowest BCUT2D eigenvalue weighted by Crippen LogP contribution is -2.45. The van der Waals surface area contributed by atoms with Gasteiger partial charge >= 0.3 is 0 Å². The van der Waals surface area contributed by atoms with E-state index in [1.165, 1.54) is 0 Å². The average molecular weight is 455 g/mol. The van der Waals surface area contributed by atoms with E-state index in [-0.39, 0.29) is 11.9 Å². The van der Waals surface area contributed by atoms with Crippen LogP contribution in [0.25, 0.3) is 11.4 Å². The van der Waals surface area contributed by atoms with Crippen LogP contribution in [0, 0.1) is 13.8 Å². The van der Waals surface area contributed by atoms with Crippen LogP contribution in [0.5, 0.6) is 0 Å². The number of halogens is 2. The summed E-state index contributed by atoms with van der Waals surface area (Å²) in [5.74, 6) is 1.50. The number of aryl methyl sites for hydroxylation is 1. The monoisotopic (exact) mass is 454 g/mol. The van der Waals surface area contributed by atoms with Crippen LogP contribution in [0.1, 0.15) is 24.1 Å². The van der Waals surface area contributed by atoms with Crippen molar-refractivity contribution < 1.29 is 4.79 Å². The molecule has 0 N–H and O–H groups in total. The average Bonchev–Trinajstić information content (AvgIpc) is 3.25. The molecule has 0 radical (unpaired) electrons. The van der Waals surface area contributed by atoms with E-state index < -0.39 is 0 Å². The smallest absolute Gasteiger partial charge is 0.249 e. The Morgan fingerprint density at radius 1 is 1.00 bits per heavy atom. The minimum atomic E-state index is -0.272. The molecular formula is C24H24Cl2N4O. The summed E-state index contributed by atoms with van der Waals surface area (Å²) in [4.78, 5) is 26.8. The fourth-order valence-electron chi connectivity index (χ4n) is 3.91. The molecule has 7 heteroatoms. The zero-order chi connectivity index (χ0) is 22.1. The number of aromatic nitrogens is 2. The molecule has 1 aromatic heterocycles. The summed E-state index contributed by atoms with van der Waals surface area (Å²) in [7, 11) is 1.80. The maximum absolute atomic E-state index is 13.4. The highest BCUT2D eigenvalue weighted by molar-refractivity contribution is 6.30. The second-order valence-electron chi connectivity index (χ2n) is 7.81. The SMILES string of the molecule is Cc1nc(-c2ccc(Cl)cc2)nc(N2CCCC2C(=O)N(C)c2ccc(Cl)cc2)c1C. The highest BCUT2D eigenvalue weighted by Gasteiger charge is 2.35. The number of hydrogen-bond acceptors (Lipinski definition) is 4. The quantitative estimate of drug-likeness (QED) is 0.507. The number of anilines is 2. The molecule has 0 bridgehead atoms. The van der Waals surface area contributed by atoms with Crippen molar-refractivity contribution in [2.45, 2.75) is 32.7 Å². The third-order valence-electron chi connectivity index (χ3n) is 5.82. The van der Waals surface area contributed by atoms with Crippen LogP contribution >= 0.6 is 23.2 Å². The third kappa shape index (κ3) is 4.39. The molecule has 1 atom stereocenters. The van der Waals surface area contributed by atoms with Gasteiger partial charge in [-0.25, -0.2) is 9.97 Å². The molecule has 160 valence electrons. The van der Waals surface area contributed by atoms with Gasteiger partial charge < -0.3 is 9.80 Å². The van der Waals surface area contributed by atoms with E-state index in [1.807, 2.05) is 50.2 Å². The Hall–Kier alpha value is -2.63. The summed E-state index contributed by atoms with van der Waals surface area (Å²) in [5.41, 5.74) is 3.61. The number of likely N-dealkylation sites (N-methyl/N-ethyl adjacent to an activating group) is 1. The normalized spacial score (nSPS) is 15.9. The first kappa shape index (κ1) is 21.6. The number of rotatable bonds is 4. The predicted molar refractivity (Wildman–Crippen MR) is 127 cm³/mol. The molecule has 3 aromatic rings. The lowest BCUT2D eigenvalue weighted by atomic mass is 10.1. The number of carbonyl (C=O) groups excluding carboxylic acids is 1. The Morgan fingerprint density at radius 2 is 1.61 bits per heavy atom. The van der Waals surface area contributed by atoms with Gasteiger partial charge in [-0.2, -0.15) is 0 Å². The van der Waals surface area contributed by atoms with Crippen LogP contribution in [0.4, 0.5) is 11.5 Å². The van der Waals surface area contributed by atoms with Gasteiger partial charge in [-0.05, 0) is 75.2 Å². The molecule has 1 aliphatic heterocycles. The highest BCUT2D eigenvalue weighted by atomic mass is 35.5. The number of nitrogens with zero attached hydrogens (tertiary/aromatic N) is 4. The Labute approximate surface area is 192 Å². The standard InChI is InChI=1S/C24H24Cl2N4O/c1-15-16(2)27-22(17-6-8-18(25)9-7-17)28-23(15)30-14-4-5-21(30)24(31)29(3)20-12-10-19(26)11-13-20/h6-13,21H,4-5,14H2,1-3H3. The fraction of sp³-hybridized carbons (Fsp3) is 0.292. The first-order chi connectivity index (χ1) is 14.8. The van der Waals surface area contributed by atoms with Gasteiger partial charge in [0.25, 0.3) is 0 Å². The predicted octanol–water partition coefficient (Wildman–Crippen LogP) is 5.70. The summed E-state index contributed by atoms with van der Waals surface area (Å²) in [6.07, 6.45) is 1.72. The Kier molecular flexibility index (Phi) is 6.17. The summed E-state index contributed by atoms with van der Waals surface area (Å²) in [6, 6.07) is 14.5. The number of carbonyl (C=O) groups is 1. The van der Waals surface area contributed by atoms with Crippen LogP contribution < -0.4 is 9.80 Å². The molecule has 2 aromatic carbocycles. The number of benzene rings is 2. The Bertz CT molecular complexity index is 1100. The zero-order valence-electron chi connectivity index (χ0n) is 17.8. The van der Waals surface area contributed by atoms with Crippen molar-refractivity contribution >= 4 is 40.6 Å². The van der Waals surface area contributed by atoms with Crippen molar-refractivity contribution in [1.29, 1.82) is 0 Å². The molecule has 0 saturated carbocycles. The van der Waals surface area contributed by atoms with Gasteiger partial charge in [0.1, 0.15) is 11.9 Å². The van der Waals surface area contributed by atoms with Crippen molar-refractivity contribution in [1.82, 2.24) is 9.97 Å². The molecule has 1 aliphatic rings. The highest BCUT2D eigenvalue weighted by Crippen LogP contribution is 2.32. The van der Waals surface area contributed by atoms with Crippen molar-refractivity contribution in [2.75, 3.05) is 23.4 Å². The lowest BCUT2D eigenvalue weighted by Gasteiger charge is -2.30. The molecule has 4 rings (SSSR count). The molecule has 5 nitrogen and oxygen atoms in total. The first-order valence-corrected chi connectivity index (χ1v) is 11.0. The van der Waals surface area contributed by atoms with Crippen LogP contribution in [0.15, 0.2) is 48.5 Å². The van der Waals surface area contributed by atoms with Gasteiger partial charge in [0.2, 0.25) is 5.91 Å². The number of amides is 1. The van der Waals surface area contributed by atoms with Gasteiger partial charge in [0.15, 0.2) is 5.82 Å². The van der Waals surface area contributed by atoms with Gasteiger partial charge in [-0.3, -0.25) is 4.79 Å². The van der Waals surface area contributed by atoms with Crippen LogP contribution in [-0.4, -0.2) is 35.5 Å². The van der Waals surface area contributed by atoms with E-state index in [0.29, 0.717) is 15.9 Å². The molecule has 0 spiro atoms. The van der Waals surface area contributed by atoms with Crippen molar-refractivity contribution in [3.8, 4) is 11.4 Å². The molecule has 1 unspecified atom stereocenters. The van der Waals surface area contributed by atoms with E-state index in [0.717, 1.165) is 47.7 Å². The van der Waals surface area contributed by atoms with Crippen molar-refractivity contribution in [3.05, 3.63) is 69.8 Å². The van der Waals surface area contributed by atoms with Crippen LogP contribution in [0.2, 0.25) is 10.0 Å². The maximum Gasteiger partial charge on any atom is 0.249 e. The molecular weight excluding hydrogens is 431 g/mol. The minimum Gasteiger partial charge on any atom is -0.344 e. The topological polar surface area (TPSA) is 49.3 Å². The molecule has 1 saturated heterocycles. The van der Waals surface area contributed by atoms with Crippen molar-refractivity contribution in [2.24, 2.45) is 0 Å². The first-order valence-electron chi connectivity index (χ1n) is 10.3. The largest absolute Gasteiger partial charge is 0.344 e. The summed E-state index contributed by atoms with van der Waals surface area (Å²) >= 11 is 12.0. The zero-order valence-corrected chi connectivity index (χ0v) is 19.3. The van der Waals surface area contributed by atoms with Gasteiger partial charge in [0, 0.05) is 46.1 Å². The Morgan fingerprint density at radius 3 is 2.26 bits per heavy atom. The van der Waals surface area contributed by atoms with Gasteiger partial charge in [-0.1, -0.05) is 23.2 Å². The van der Waals surface area contributed by atoms with E-state index in [4.69, 9.17) is 28.2 Å². The minimum absolute atomic E-state index is 0.0449. The molecule has 1 fully saturated rings. The van der Waals surface area contributed by atoms with Gasteiger partial charge in [0.05, 0.1) is 0 Å². The van der Waals surface area contributed by atoms with Crippen molar-refractivity contribution in [3.63, 3.8) is 0 Å². The van der Waals surface area contributed by atoms with E-state index in [2.05, 4.69) is 9.88 Å². The maximum atomic E-state index is 13.4. The molecule has 2 heterocycles. The molecule has 1 amide bonds. The van der Waals surface area contributed by atoms with E-state index in [1.54, 1.807) is 24.1 Å². The second-order valence-corrected chi connectivity index (χ2v) is 8.69. The fourth-order valence-corrected chi connectivity index (χ4v) is 4.17. The molecule has 0 aliphatic carbocycles. The molecule has 31 heavy (non-hydrogen) atoms. The third-order valence-corrected chi connectivity index (χ3v) is 6.32.